The van der Waals surface area contributed by atoms with Crippen LogP contribution in [0.2, 0.25) is 0 Å². The van der Waals surface area contributed by atoms with Gasteiger partial charge in [0.15, 0.2) is 0 Å². The molecule has 1 rings (SSSR count). The van der Waals surface area contributed by atoms with Crippen LogP contribution in [0.5, 0.6) is 0 Å². The van der Waals surface area contributed by atoms with Crippen molar-refractivity contribution >= 4 is 16.9 Å². The summed E-state index contributed by atoms with van der Waals surface area (Å²) in [4.78, 5) is 13.5. The van der Waals surface area contributed by atoms with Crippen LogP contribution >= 0.6 is 0 Å². The van der Waals surface area contributed by atoms with Gasteiger partial charge < -0.3 is 15.0 Å². The first-order valence-electron chi connectivity index (χ1n) is 7.70. The maximum Gasteiger partial charge on any atom is 0.410 e. The first kappa shape index (κ1) is 18.4. The lowest BCUT2D eigenvalue weighted by Crippen LogP contribution is -2.42. The minimum atomic E-state index is -0.610. The topological polar surface area (TPSA) is 58.6 Å². The monoisotopic (exact) mass is 318 g/mol. The van der Waals surface area contributed by atoms with E-state index in [4.69, 9.17) is 4.74 Å². The SMILES string of the molecule is CC(CNC1CCS(=O)CC1)CN(C)C(=O)OC(C)(C)C. The summed E-state index contributed by atoms with van der Waals surface area (Å²) >= 11 is 0. The minimum Gasteiger partial charge on any atom is -0.444 e. The van der Waals surface area contributed by atoms with E-state index < -0.39 is 16.4 Å². The normalized spacial score (nSPS) is 24.4. The Kier molecular flexibility index (Phi) is 7.13. The quantitative estimate of drug-likeness (QED) is 0.842. The molecule has 0 aliphatic carbocycles. The van der Waals surface area contributed by atoms with Crippen LogP contribution in [0.25, 0.3) is 0 Å². The van der Waals surface area contributed by atoms with Crippen molar-refractivity contribution in [3.63, 3.8) is 0 Å². The van der Waals surface area contributed by atoms with Gasteiger partial charge in [-0.1, -0.05) is 6.92 Å². The Balaban J connectivity index is 2.24. The Labute approximate surface area is 131 Å². The van der Waals surface area contributed by atoms with Gasteiger partial charge in [0, 0.05) is 41.9 Å². The van der Waals surface area contributed by atoms with Crippen LogP contribution in [0.3, 0.4) is 0 Å². The number of carbonyl (C=O) groups is 1. The number of carbonyl (C=O) groups excluding carboxylic acids is 1. The molecule has 6 heteroatoms. The zero-order valence-corrected chi connectivity index (χ0v) is 14.8. The van der Waals surface area contributed by atoms with Gasteiger partial charge in [-0.25, -0.2) is 4.79 Å². The highest BCUT2D eigenvalue weighted by atomic mass is 32.2. The van der Waals surface area contributed by atoms with E-state index in [0.29, 0.717) is 18.5 Å². The van der Waals surface area contributed by atoms with Gasteiger partial charge in [0.1, 0.15) is 5.60 Å². The highest BCUT2D eigenvalue weighted by molar-refractivity contribution is 7.85. The van der Waals surface area contributed by atoms with Crippen molar-refractivity contribution in [2.45, 2.75) is 52.2 Å². The highest BCUT2D eigenvalue weighted by Crippen LogP contribution is 2.11. The maximum atomic E-state index is 11.9. The highest BCUT2D eigenvalue weighted by Gasteiger charge is 2.22. The van der Waals surface area contributed by atoms with Gasteiger partial charge in [0.05, 0.1) is 0 Å². The van der Waals surface area contributed by atoms with Crippen molar-refractivity contribution in [1.29, 1.82) is 0 Å². The Morgan fingerprint density at radius 2 is 1.95 bits per heavy atom. The van der Waals surface area contributed by atoms with E-state index in [1.165, 1.54) is 0 Å². The molecular weight excluding hydrogens is 288 g/mol. The number of ether oxygens (including phenoxy) is 1. The first-order chi connectivity index (χ1) is 9.67. The second kappa shape index (κ2) is 8.13. The molecule has 1 heterocycles. The molecule has 0 aromatic carbocycles. The van der Waals surface area contributed by atoms with Crippen LogP contribution in [0.4, 0.5) is 4.79 Å². The van der Waals surface area contributed by atoms with Crippen molar-refractivity contribution in [2.75, 3.05) is 31.6 Å². The summed E-state index contributed by atoms with van der Waals surface area (Å²) in [5.41, 5.74) is -0.454. The molecule has 21 heavy (non-hydrogen) atoms. The Bertz CT molecular complexity index is 358. The second-order valence-electron chi connectivity index (χ2n) is 7.00. The van der Waals surface area contributed by atoms with Gasteiger partial charge in [0.25, 0.3) is 0 Å². The molecule has 1 unspecified atom stereocenters. The van der Waals surface area contributed by atoms with E-state index >= 15 is 0 Å². The molecule has 0 spiro atoms. The molecular formula is C15H30N2O3S. The third kappa shape index (κ3) is 7.81. The third-order valence-electron chi connectivity index (χ3n) is 3.43. The van der Waals surface area contributed by atoms with Crippen molar-refractivity contribution < 1.29 is 13.7 Å². The van der Waals surface area contributed by atoms with Crippen molar-refractivity contribution in [2.24, 2.45) is 5.92 Å². The average molecular weight is 318 g/mol. The van der Waals surface area contributed by atoms with Crippen molar-refractivity contribution in [3.05, 3.63) is 0 Å². The number of amides is 1. The van der Waals surface area contributed by atoms with E-state index in [9.17, 15) is 9.00 Å². The number of rotatable bonds is 5. The Morgan fingerprint density at radius 1 is 1.38 bits per heavy atom. The van der Waals surface area contributed by atoms with Crippen LogP contribution in [-0.2, 0) is 15.5 Å². The second-order valence-corrected chi connectivity index (χ2v) is 8.69. The van der Waals surface area contributed by atoms with E-state index in [1.54, 1.807) is 11.9 Å². The predicted octanol–water partition coefficient (Wildman–Crippen LogP) is 1.99. The number of nitrogens with one attached hydrogen (secondary N) is 1. The molecule has 1 aliphatic heterocycles. The molecule has 1 aliphatic rings. The Hall–Kier alpha value is -0.620. The third-order valence-corrected chi connectivity index (χ3v) is 4.82. The summed E-state index contributed by atoms with van der Waals surface area (Å²) in [5, 5.41) is 3.52. The largest absolute Gasteiger partial charge is 0.444 e. The van der Waals surface area contributed by atoms with Gasteiger partial charge in [-0.05, 0) is 46.1 Å². The van der Waals surface area contributed by atoms with Crippen LogP contribution in [0, 0.1) is 5.92 Å². The van der Waals surface area contributed by atoms with Gasteiger partial charge >= 0.3 is 6.09 Å². The number of nitrogens with zero attached hydrogens (tertiary/aromatic N) is 1. The Morgan fingerprint density at radius 3 is 2.48 bits per heavy atom. The molecule has 0 radical (unpaired) electrons. The van der Waals surface area contributed by atoms with Crippen molar-refractivity contribution in [3.8, 4) is 0 Å². The lowest BCUT2D eigenvalue weighted by molar-refractivity contribution is 0.0276. The molecule has 1 atom stereocenters. The summed E-state index contributed by atoms with van der Waals surface area (Å²) in [6.45, 7) is 9.27. The number of hydrogen-bond donors (Lipinski definition) is 1. The van der Waals surface area contributed by atoms with Crippen molar-refractivity contribution in [1.82, 2.24) is 10.2 Å². The van der Waals surface area contributed by atoms with Crippen LogP contribution < -0.4 is 5.32 Å². The first-order valence-corrected chi connectivity index (χ1v) is 9.18. The minimum absolute atomic E-state index is 0.276. The maximum absolute atomic E-state index is 11.9. The van der Waals surface area contributed by atoms with Gasteiger partial charge in [0.2, 0.25) is 0 Å². The summed E-state index contributed by atoms with van der Waals surface area (Å²) in [5.74, 6) is 1.98. The fourth-order valence-corrected chi connectivity index (χ4v) is 3.61. The van der Waals surface area contributed by atoms with Gasteiger partial charge in [-0.3, -0.25) is 4.21 Å². The van der Waals surface area contributed by atoms with Crippen LogP contribution in [-0.4, -0.2) is 58.5 Å². The van der Waals surface area contributed by atoms with E-state index in [1.807, 2.05) is 20.8 Å². The molecule has 0 bridgehead atoms. The standard InChI is InChI=1S/C15H30N2O3S/c1-12(10-16-13-6-8-21(19)9-7-13)11-17(5)14(18)20-15(2,3)4/h12-13,16H,6-11H2,1-5H3. The van der Waals surface area contributed by atoms with Gasteiger partial charge in [-0.2, -0.15) is 0 Å². The average Bonchev–Trinajstić information content (AvgIpc) is 2.36. The lowest BCUT2D eigenvalue weighted by atomic mass is 10.1. The molecule has 1 amide bonds. The smallest absolute Gasteiger partial charge is 0.410 e. The molecule has 0 aromatic heterocycles. The molecule has 1 saturated heterocycles. The molecule has 1 fully saturated rings. The zero-order chi connectivity index (χ0) is 16.0. The number of hydrogen-bond acceptors (Lipinski definition) is 4. The van der Waals surface area contributed by atoms with E-state index in [-0.39, 0.29) is 6.09 Å². The summed E-state index contributed by atoms with van der Waals surface area (Å²) in [6, 6.07) is 0.469. The molecule has 5 nitrogen and oxygen atoms in total. The molecule has 0 aromatic rings. The predicted molar refractivity (Wildman–Crippen MR) is 86.9 cm³/mol. The fourth-order valence-electron chi connectivity index (χ4n) is 2.31. The summed E-state index contributed by atoms with van der Waals surface area (Å²) in [6.07, 6.45) is 1.70. The summed E-state index contributed by atoms with van der Waals surface area (Å²) in [7, 11) is 1.16. The summed E-state index contributed by atoms with van der Waals surface area (Å²) < 4.78 is 16.6. The molecule has 124 valence electrons. The zero-order valence-electron chi connectivity index (χ0n) is 14.0. The fraction of sp³-hybridized carbons (Fsp3) is 0.933. The van der Waals surface area contributed by atoms with Crippen LogP contribution in [0.15, 0.2) is 0 Å². The molecule has 1 N–H and O–H groups in total. The van der Waals surface area contributed by atoms with E-state index in [0.717, 1.165) is 30.9 Å². The van der Waals surface area contributed by atoms with E-state index in [2.05, 4.69) is 12.2 Å². The van der Waals surface area contributed by atoms with Crippen LogP contribution in [0.1, 0.15) is 40.5 Å². The van der Waals surface area contributed by atoms with Gasteiger partial charge in [-0.15, -0.1) is 0 Å². The lowest BCUT2D eigenvalue weighted by Gasteiger charge is -2.28. The molecule has 0 saturated carbocycles.